The first-order valence-electron chi connectivity index (χ1n) is 7.71. The highest BCUT2D eigenvalue weighted by Gasteiger charge is 2.19. The molecule has 0 amide bonds. The van der Waals surface area contributed by atoms with Crippen LogP contribution in [0.1, 0.15) is 28.7 Å². The van der Waals surface area contributed by atoms with Crippen molar-refractivity contribution in [1.29, 1.82) is 4.78 Å². The van der Waals surface area contributed by atoms with E-state index in [0.717, 1.165) is 28.7 Å². The Bertz CT molecular complexity index is 983. The van der Waals surface area contributed by atoms with Gasteiger partial charge >= 0.3 is 0 Å². The van der Waals surface area contributed by atoms with Crippen LogP contribution in [0.3, 0.4) is 0 Å². The number of pyridine rings is 1. The molecule has 3 rings (SSSR count). The number of rotatable bonds is 3. The molecule has 0 fully saturated rings. The standard InChI is InChI=1S/C17H20N4O2S/c1-10-13(8-12-4-7-16(19-9-12)24(3,18)23)17-15(20-10)6-5-14(21-17)11(2)22/h4-7,12,18,20H,8-9H2,1-3H3. The fourth-order valence-corrected chi connectivity index (χ4v) is 3.54. The second-order valence-electron chi connectivity index (χ2n) is 6.22. The zero-order chi connectivity index (χ0) is 17.5. The Labute approximate surface area is 141 Å². The zero-order valence-corrected chi connectivity index (χ0v) is 14.7. The molecule has 2 unspecified atom stereocenters. The van der Waals surface area contributed by atoms with Crippen molar-refractivity contribution in [2.45, 2.75) is 20.3 Å². The number of H-pyrrole nitrogens is 1. The minimum absolute atomic E-state index is 0.0540. The van der Waals surface area contributed by atoms with Gasteiger partial charge in [-0.1, -0.05) is 6.08 Å². The Hall–Kier alpha value is -2.28. The third kappa shape index (κ3) is 3.17. The van der Waals surface area contributed by atoms with E-state index < -0.39 is 9.73 Å². The highest BCUT2D eigenvalue weighted by Crippen LogP contribution is 2.25. The predicted molar refractivity (Wildman–Crippen MR) is 96.3 cm³/mol. The second kappa shape index (κ2) is 5.98. The van der Waals surface area contributed by atoms with Crippen molar-refractivity contribution in [3.63, 3.8) is 0 Å². The summed E-state index contributed by atoms with van der Waals surface area (Å²) >= 11 is 0. The van der Waals surface area contributed by atoms with Gasteiger partial charge in [0.05, 0.1) is 20.8 Å². The van der Waals surface area contributed by atoms with Crippen LogP contribution in [0.2, 0.25) is 0 Å². The summed E-state index contributed by atoms with van der Waals surface area (Å²) in [4.78, 5) is 23.7. The summed E-state index contributed by atoms with van der Waals surface area (Å²) in [6, 6.07) is 3.61. The minimum atomic E-state index is -2.76. The van der Waals surface area contributed by atoms with Crippen molar-refractivity contribution < 1.29 is 9.00 Å². The Kier molecular flexibility index (Phi) is 4.13. The molecule has 0 saturated carbocycles. The molecule has 2 aromatic rings. The zero-order valence-electron chi connectivity index (χ0n) is 13.9. The Morgan fingerprint density at radius 3 is 2.79 bits per heavy atom. The van der Waals surface area contributed by atoms with Crippen LogP contribution < -0.4 is 0 Å². The van der Waals surface area contributed by atoms with Crippen molar-refractivity contribution in [1.82, 2.24) is 9.97 Å². The molecule has 1 aliphatic rings. The molecule has 2 aromatic heterocycles. The fourth-order valence-electron chi connectivity index (χ4n) is 2.88. The second-order valence-corrected chi connectivity index (χ2v) is 8.33. The van der Waals surface area contributed by atoms with E-state index in [1.54, 1.807) is 12.1 Å². The molecule has 3 heterocycles. The average molecular weight is 344 g/mol. The molecule has 126 valence electrons. The first kappa shape index (κ1) is 16.6. The molecule has 2 N–H and O–H groups in total. The third-order valence-corrected chi connectivity index (χ3v) is 5.24. The Morgan fingerprint density at radius 1 is 1.46 bits per heavy atom. The number of fused-ring (bicyclic) bond motifs is 1. The third-order valence-electron chi connectivity index (χ3n) is 4.17. The van der Waals surface area contributed by atoms with E-state index in [9.17, 15) is 9.00 Å². The molecule has 7 heteroatoms. The van der Waals surface area contributed by atoms with E-state index in [1.807, 2.05) is 19.1 Å². The monoisotopic (exact) mass is 344 g/mol. The predicted octanol–water partition coefficient (Wildman–Crippen LogP) is 2.88. The van der Waals surface area contributed by atoms with Gasteiger partial charge in [0.25, 0.3) is 0 Å². The number of nitrogens with one attached hydrogen (secondary N) is 2. The number of nitrogens with zero attached hydrogens (tertiary/aromatic N) is 2. The van der Waals surface area contributed by atoms with Crippen LogP contribution in [0.5, 0.6) is 0 Å². The number of aromatic nitrogens is 2. The molecule has 0 spiro atoms. The van der Waals surface area contributed by atoms with Crippen LogP contribution in [0.4, 0.5) is 0 Å². The topological polar surface area (TPSA) is 99.0 Å². The summed E-state index contributed by atoms with van der Waals surface area (Å²) in [5.41, 5.74) is 4.30. The lowest BCUT2D eigenvalue weighted by Gasteiger charge is -2.15. The maximum Gasteiger partial charge on any atom is 0.178 e. The van der Waals surface area contributed by atoms with Gasteiger partial charge in [-0.2, -0.15) is 0 Å². The highest BCUT2D eigenvalue weighted by molar-refractivity contribution is 8.07. The van der Waals surface area contributed by atoms with Gasteiger partial charge < -0.3 is 4.98 Å². The number of ketones is 1. The normalized spacial score (nSPS) is 20.0. The van der Waals surface area contributed by atoms with Gasteiger partial charge in [0.15, 0.2) is 5.78 Å². The molecular weight excluding hydrogens is 324 g/mol. The summed E-state index contributed by atoms with van der Waals surface area (Å²) in [6.45, 7) is 4.01. The number of Topliss-reactive ketones (excluding diaryl/α,β-unsaturated/α-hetero) is 1. The van der Waals surface area contributed by atoms with Gasteiger partial charge in [0.2, 0.25) is 0 Å². The first-order chi connectivity index (χ1) is 11.3. The van der Waals surface area contributed by atoms with Crippen LogP contribution in [0, 0.1) is 17.6 Å². The van der Waals surface area contributed by atoms with E-state index in [2.05, 4.69) is 15.0 Å². The van der Waals surface area contributed by atoms with E-state index in [1.165, 1.54) is 13.2 Å². The van der Waals surface area contributed by atoms with Gasteiger partial charge in [0, 0.05) is 31.3 Å². The summed E-state index contributed by atoms with van der Waals surface area (Å²) in [7, 11) is -2.76. The molecule has 0 radical (unpaired) electrons. The van der Waals surface area contributed by atoms with Crippen LogP contribution >= 0.6 is 0 Å². The average Bonchev–Trinajstić information content (AvgIpc) is 2.82. The molecule has 0 bridgehead atoms. The van der Waals surface area contributed by atoms with E-state index in [-0.39, 0.29) is 11.7 Å². The number of aryl methyl sites for hydroxylation is 1. The first-order valence-corrected chi connectivity index (χ1v) is 9.68. The van der Waals surface area contributed by atoms with Crippen molar-refractivity contribution in [2.75, 3.05) is 12.8 Å². The number of dihydropyridines is 1. The molecule has 0 aliphatic carbocycles. The molecule has 0 aromatic carbocycles. The number of aliphatic imine (C=N–C) groups is 1. The van der Waals surface area contributed by atoms with Crippen molar-refractivity contribution in [3.8, 4) is 0 Å². The SMILES string of the molecule is CC(=O)c1ccc2[nH]c(C)c(CC3C=CC(S(C)(=N)=O)=NC3)c2n1. The lowest BCUT2D eigenvalue weighted by molar-refractivity contribution is 0.101. The summed E-state index contributed by atoms with van der Waals surface area (Å²) < 4.78 is 19.3. The van der Waals surface area contributed by atoms with E-state index in [4.69, 9.17) is 4.78 Å². The number of carbonyl (C=O) groups excluding carboxylic acids is 1. The lowest BCUT2D eigenvalue weighted by Crippen LogP contribution is -2.17. The van der Waals surface area contributed by atoms with Crippen LogP contribution in [0.25, 0.3) is 11.0 Å². The van der Waals surface area contributed by atoms with Crippen molar-refractivity contribution in [3.05, 3.63) is 41.2 Å². The Balaban J connectivity index is 1.90. The molecule has 2 atom stereocenters. The smallest absolute Gasteiger partial charge is 0.178 e. The summed E-state index contributed by atoms with van der Waals surface area (Å²) in [6.07, 6.45) is 5.78. The number of hydrogen-bond donors (Lipinski definition) is 2. The van der Waals surface area contributed by atoms with E-state index >= 15 is 0 Å². The van der Waals surface area contributed by atoms with Crippen molar-refractivity contribution >= 4 is 31.6 Å². The lowest BCUT2D eigenvalue weighted by atomic mass is 9.97. The largest absolute Gasteiger partial charge is 0.357 e. The highest BCUT2D eigenvalue weighted by atomic mass is 32.2. The van der Waals surface area contributed by atoms with Crippen LogP contribution in [-0.4, -0.2) is 37.8 Å². The molecule has 1 aliphatic heterocycles. The molecule has 6 nitrogen and oxygen atoms in total. The fraction of sp³-hybridized carbons (Fsp3) is 0.353. The molecule has 24 heavy (non-hydrogen) atoms. The maximum atomic E-state index is 11.7. The van der Waals surface area contributed by atoms with Crippen LogP contribution in [0.15, 0.2) is 29.3 Å². The van der Waals surface area contributed by atoms with E-state index in [0.29, 0.717) is 17.3 Å². The van der Waals surface area contributed by atoms with Gasteiger partial charge in [-0.25, -0.2) is 14.0 Å². The van der Waals surface area contributed by atoms with Crippen LogP contribution in [-0.2, 0) is 16.1 Å². The Morgan fingerprint density at radius 2 is 2.21 bits per heavy atom. The maximum absolute atomic E-state index is 11.7. The quantitative estimate of drug-likeness (QED) is 0.837. The van der Waals surface area contributed by atoms with Gasteiger partial charge in [0.1, 0.15) is 10.7 Å². The molecular formula is C17H20N4O2S. The summed E-state index contributed by atoms with van der Waals surface area (Å²) in [5, 5.41) is 0.353. The number of carbonyl (C=O) groups is 1. The summed E-state index contributed by atoms with van der Waals surface area (Å²) in [5.74, 6) is 0.109. The van der Waals surface area contributed by atoms with Crippen molar-refractivity contribution in [2.24, 2.45) is 10.9 Å². The number of aromatic amines is 1. The minimum Gasteiger partial charge on any atom is -0.357 e. The molecule has 0 saturated heterocycles. The van der Waals surface area contributed by atoms with Gasteiger partial charge in [-0.15, -0.1) is 0 Å². The number of hydrogen-bond acceptors (Lipinski definition) is 5. The van der Waals surface area contributed by atoms with Gasteiger partial charge in [-0.05, 0) is 37.1 Å². The van der Waals surface area contributed by atoms with Gasteiger partial charge in [-0.3, -0.25) is 9.79 Å².